The van der Waals surface area contributed by atoms with Crippen molar-refractivity contribution in [3.05, 3.63) is 0 Å². The lowest BCUT2D eigenvalue weighted by molar-refractivity contribution is -0.251. The van der Waals surface area contributed by atoms with Crippen molar-refractivity contribution in [2.24, 2.45) is 0 Å². The Balaban J connectivity index is 2.76. The van der Waals surface area contributed by atoms with Crippen molar-refractivity contribution in [3.8, 4) is 0 Å². The largest absolute Gasteiger partial charge is 0.418 e. The van der Waals surface area contributed by atoms with Gasteiger partial charge >= 0.3 is 6.18 Å². The Kier molecular flexibility index (Phi) is 4.01. The number of alkyl halides is 3. The van der Waals surface area contributed by atoms with Gasteiger partial charge in [-0.15, -0.1) is 0 Å². The Morgan fingerprint density at radius 3 is 2.21 bits per heavy atom. The lowest BCUT2D eigenvalue weighted by Gasteiger charge is -2.37. The third-order valence-electron chi connectivity index (χ3n) is 2.23. The molecule has 1 N–H and O–H groups in total. The molecule has 1 rings (SSSR count). The normalized spacial score (nSPS) is 24.6. The maximum Gasteiger partial charge on any atom is 0.418 e. The van der Waals surface area contributed by atoms with Crippen LogP contribution in [0, 0.1) is 0 Å². The van der Waals surface area contributed by atoms with Crippen molar-refractivity contribution >= 4 is 23.0 Å². The Labute approximate surface area is 93.3 Å². The highest BCUT2D eigenvalue weighted by molar-refractivity contribution is 14.1. The van der Waals surface area contributed by atoms with Crippen molar-refractivity contribution in [1.29, 1.82) is 0 Å². The van der Waals surface area contributed by atoms with E-state index in [1.54, 1.807) is 0 Å². The summed E-state index contributed by atoms with van der Waals surface area (Å²) < 4.78 is 46.4. The highest BCUT2D eigenvalue weighted by Crippen LogP contribution is 2.37. The molecule has 0 spiro atoms. The molecule has 0 radical (unpaired) electrons. The number of rotatable bonds is 2. The Hall–Kier alpha value is 0.400. The van der Waals surface area contributed by atoms with Crippen LogP contribution < -0.4 is 0 Å². The second-order valence-corrected chi connectivity index (χ2v) is 3.74. The van der Waals surface area contributed by atoms with Gasteiger partial charge in [-0.05, 0) is 0 Å². The fourth-order valence-electron chi connectivity index (χ4n) is 1.43. The molecule has 1 heterocycles. The summed E-state index contributed by atoms with van der Waals surface area (Å²) in [5, 5.41) is 9.74. The molecule has 1 saturated heterocycles. The van der Waals surface area contributed by atoms with E-state index in [0.29, 0.717) is 0 Å². The molecule has 84 valence electrons. The second-order valence-electron chi connectivity index (χ2n) is 3.23. The van der Waals surface area contributed by atoms with Crippen LogP contribution in [-0.4, -0.2) is 36.2 Å². The molecule has 1 fully saturated rings. The highest BCUT2D eigenvalue weighted by Gasteiger charge is 2.54. The summed E-state index contributed by atoms with van der Waals surface area (Å²) in [4.78, 5) is 0. The van der Waals surface area contributed by atoms with Crippen molar-refractivity contribution in [3.63, 3.8) is 0 Å². The molecular formula is C7H10F3IO3. The van der Waals surface area contributed by atoms with E-state index >= 15 is 0 Å². The first-order valence-corrected chi connectivity index (χ1v) is 4.92. The van der Waals surface area contributed by atoms with Crippen molar-refractivity contribution in [1.82, 2.24) is 0 Å². The summed E-state index contributed by atoms with van der Waals surface area (Å²) >= 11 is 1.17. The minimum Gasteiger partial charge on any atom is -0.387 e. The lowest BCUT2D eigenvalue weighted by atomic mass is 9.88. The molecule has 0 saturated carbocycles. The first-order valence-electron chi connectivity index (χ1n) is 4.04. The van der Waals surface area contributed by atoms with Crippen molar-refractivity contribution in [2.45, 2.75) is 30.7 Å². The molecular weight excluding hydrogens is 316 g/mol. The average molecular weight is 326 g/mol. The van der Waals surface area contributed by atoms with Crippen LogP contribution in [0.15, 0.2) is 0 Å². The molecule has 0 aromatic heterocycles. The smallest absolute Gasteiger partial charge is 0.387 e. The van der Waals surface area contributed by atoms with Gasteiger partial charge in [-0.25, -0.2) is 0 Å². The summed E-state index contributed by atoms with van der Waals surface area (Å²) in [6, 6.07) is 0. The van der Waals surface area contributed by atoms with Gasteiger partial charge in [-0.2, -0.15) is 13.2 Å². The molecule has 0 aromatic rings. The molecule has 14 heavy (non-hydrogen) atoms. The zero-order valence-corrected chi connectivity index (χ0v) is 9.34. The van der Waals surface area contributed by atoms with Gasteiger partial charge in [-0.3, -0.25) is 3.07 Å². The van der Waals surface area contributed by atoms with E-state index in [-0.39, 0.29) is 26.1 Å². The third-order valence-corrected chi connectivity index (χ3v) is 2.74. The molecule has 0 amide bonds. The van der Waals surface area contributed by atoms with Crippen LogP contribution in [0.2, 0.25) is 0 Å². The predicted molar refractivity (Wildman–Crippen MR) is 50.0 cm³/mol. The van der Waals surface area contributed by atoms with Crippen LogP contribution in [0.5, 0.6) is 0 Å². The standard InChI is InChI=1S/C7H10F3IO3/c8-7(9,10)5(14-11)6(12)1-3-13-4-2-6/h5,12H,1-4H2. The second kappa shape index (κ2) is 4.50. The molecule has 1 aliphatic rings. The van der Waals surface area contributed by atoms with Crippen LogP contribution in [0.3, 0.4) is 0 Å². The monoisotopic (exact) mass is 326 g/mol. The molecule has 0 aliphatic carbocycles. The fourth-order valence-corrected chi connectivity index (χ4v) is 2.19. The first kappa shape index (κ1) is 12.5. The average Bonchev–Trinajstić information content (AvgIpc) is 2.03. The Morgan fingerprint density at radius 2 is 1.86 bits per heavy atom. The molecule has 0 aromatic carbocycles. The molecule has 7 heteroatoms. The van der Waals surface area contributed by atoms with E-state index in [9.17, 15) is 18.3 Å². The summed E-state index contributed by atoms with van der Waals surface area (Å²) in [7, 11) is 0. The van der Waals surface area contributed by atoms with Crippen molar-refractivity contribution in [2.75, 3.05) is 13.2 Å². The van der Waals surface area contributed by atoms with E-state index in [1.165, 1.54) is 23.0 Å². The van der Waals surface area contributed by atoms with Crippen LogP contribution in [0.25, 0.3) is 0 Å². The van der Waals surface area contributed by atoms with Gasteiger partial charge in [0.05, 0.1) is 0 Å². The molecule has 1 aliphatic heterocycles. The minimum absolute atomic E-state index is 0.0554. The maximum absolute atomic E-state index is 12.4. The first-order chi connectivity index (χ1) is 6.40. The summed E-state index contributed by atoms with van der Waals surface area (Å²) in [5.41, 5.74) is -1.85. The van der Waals surface area contributed by atoms with E-state index < -0.39 is 17.9 Å². The zero-order valence-electron chi connectivity index (χ0n) is 7.18. The quantitative estimate of drug-likeness (QED) is 0.787. The minimum atomic E-state index is -4.55. The Morgan fingerprint density at radius 1 is 1.36 bits per heavy atom. The van der Waals surface area contributed by atoms with E-state index in [4.69, 9.17) is 4.74 Å². The summed E-state index contributed by atoms with van der Waals surface area (Å²) in [6.45, 7) is 0.256. The number of aliphatic hydroxyl groups is 1. The molecule has 3 nitrogen and oxygen atoms in total. The zero-order chi connectivity index (χ0) is 10.8. The van der Waals surface area contributed by atoms with Crippen LogP contribution in [-0.2, 0) is 7.80 Å². The van der Waals surface area contributed by atoms with Gasteiger partial charge < -0.3 is 9.84 Å². The van der Waals surface area contributed by atoms with Gasteiger partial charge in [0.15, 0.2) is 6.10 Å². The van der Waals surface area contributed by atoms with Crippen LogP contribution >= 0.6 is 23.0 Å². The van der Waals surface area contributed by atoms with E-state index in [0.717, 1.165) is 0 Å². The molecule has 1 unspecified atom stereocenters. The van der Waals surface area contributed by atoms with Crippen LogP contribution in [0.4, 0.5) is 13.2 Å². The number of halogens is 4. The van der Waals surface area contributed by atoms with Crippen molar-refractivity contribution < 1.29 is 26.1 Å². The van der Waals surface area contributed by atoms with E-state index in [2.05, 4.69) is 3.07 Å². The van der Waals surface area contributed by atoms with Gasteiger partial charge in [-0.1, -0.05) is 0 Å². The number of hydrogen-bond donors (Lipinski definition) is 1. The SMILES string of the molecule is OC1(C(OI)C(F)(F)F)CCOCC1. The van der Waals surface area contributed by atoms with Gasteiger partial charge in [0, 0.05) is 26.1 Å². The topological polar surface area (TPSA) is 38.7 Å². The Bertz CT molecular complexity index is 191. The predicted octanol–water partition coefficient (Wildman–Crippen LogP) is 1.83. The number of hydrogen-bond acceptors (Lipinski definition) is 3. The fraction of sp³-hybridized carbons (Fsp3) is 1.00. The third kappa shape index (κ3) is 2.71. The molecule has 0 bridgehead atoms. The molecule has 1 atom stereocenters. The highest BCUT2D eigenvalue weighted by atomic mass is 127. The lowest BCUT2D eigenvalue weighted by Crippen LogP contribution is -2.54. The number of ether oxygens (including phenoxy) is 1. The van der Waals surface area contributed by atoms with Gasteiger partial charge in [0.1, 0.15) is 28.6 Å². The van der Waals surface area contributed by atoms with Gasteiger partial charge in [0.25, 0.3) is 0 Å². The maximum atomic E-state index is 12.4. The summed E-state index contributed by atoms with van der Waals surface area (Å²) in [5.74, 6) is 0. The van der Waals surface area contributed by atoms with Gasteiger partial charge in [0.2, 0.25) is 0 Å². The van der Waals surface area contributed by atoms with E-state index in [1.807, 2.05) is 0 Å². The summed E-state index contributed by atoms with van der Waals surface area (Å²) in [6.07, 6.45) is -6.80. The van der Waals surface area contributed by atoms with Crippen LogP contribution in [0.1, 0.15) is 12.8 Å².